The van der Waals surface area contributed by atoms with Gasteiger partial charge in [0.15, 0.2) is 0 Å². The van der Waals surface area contributed by atoms with Gasteiger partial charge in [0.05, 0.1) is 0 Å². The van der Waals surface area contributed by atoms with E-state index in [0.29, 0.717) is 13.1 Å². The van der Waals surface area contributed by atoms with Crippen molar-refractivity contribution in [2.24, 2.45) is 0 Å². The first-order chi connectivity index (χ1) is 11.1. The Hall–Kier alpha value is -2.20. The van der Waals surface area contributed by atoms with Crippen molar-refractivity contribution in [2.45, 2.75) is 6.42 Å². The fraction of sp³-hybridized carbons (Fsp3) is 0.278. The molecule has 122 valence electrons. The summed E-state index contributed by atoms with van der Waals surface area (Å²) in [5.41, 5.74) is 2.25. The molecular formula is C18H22ClN3O. The molecule has 23 heavy (non-hydrogen) atoms. The number of amides is 2. The molecule has 2 aromatic rings. The maximum absolute atomic E-state index is 11.8. The van der Waals surface area contributed by atoms with Crippen molar-refractivity contribution in [2.75, 3.05) is 31.6 Å². The van der Waals surface area contributed by atoms with Crippen molar-refractivity contribution < 1.29 is 4.79 Å². The van der Waals surface area contributed by atoms with Crippen LogP contribution in [0.3, 0.4) is 0 Å². The van der Waals surface area contributed by atoms with E-state index in [9.17, 15) is 4.79 Å². The number of rotatable bonds is 7. The lowest BCUT2D eigenvalue weighted by Crippen LogP contribution is -2.40. The van der Waals surface area contributed by atoms with E-state index in [1.165, 1.54) is 0 Å². The molecule has 0 unspecified atom stereocenters. The first-order valence-electron chi connectivity index (χ1n) is 7.67. The van der Waals surface area contributed by atoms with Crippen LogP contribution in [0.5, 0.6) is 0 Å². The molecule has 2 rings (SSSR count). The number of carbonyl (C=O) groups is 1. The molecule has 0 saturated carbocycles. The highest BCUT2D eigenvalue weighted by Crippen LogP contribution is 2.11. The first-order valence-corrected chi connectivity index (χ1v) is 8.05. The lowest BCUT2D eigenvalue weighted by Gasteiger charge is -2.19. The number of hydrogen-bond acceptors (Lipinski definition) is 2. The maximum Gasteiger partial charge on any atom is 0.314 e. The quantitative estimate of drug-likeness (QED) is 0.817. The number of urea groups is 1. The Balaban J connectivity index is 1.62. The molecule has 0 aliphatic carbocycles. The molecule has 0 bridgehead atoms. The van der Waals surface area contributed by atoms with Crippen molar-refractivity contribution in [1.82, 2.24) is 10.6 Å². The second-order valence-corrected chi connectivity index (χ2v) is 5.76. The molecule has 5 heteroatoms. The van der Waals surface area contributed by atoms with E-state index in [-0.39, 0.29) is 6.03 Å². The molecule has 0 aromatic heterocycles. The molecule has 2 N–H and O–H groups in total. The molecule has 0 atom stereocenters. The normalized spacial score (nSPS) is 10.2. The summed E-state index contributed by atoms with van der Waals surface area (Å²) in [4.78, 5) is 13.9. The highest BCUT2D eigenvalue weighted by molar-refractivity contribution is 6.30. The van der Waals surface area contributed by atoms with Crippen molar-refractivity contribution in [3.05, 3.63) is 65.2 Å². The van der Waals surface area contributed by atoms with E-state index in [1.54, 1.807) is 0 Å². The van der Waals surface area contributed by atoms with Gasteiger partial charge in [-0.15, -0.1) is 0 Å². The zero-order chi connectivity index (χ0) is 16.5. The molecule has 0 spiro atoms. The number of carbonyl (C=O) groups excluding carboxylic acids is 1. The average molecular weight is 332 g/mol. The fourth-order valence-corrected chi connectivity index (χ4v) is 2.44. The van der Waals surface area contributed by atoms with E-state index >= 15 is 0 Å². The number of nitrogens with one attached hydrogen (secondary N) is 2. The molecule has 0 aliphatic rings. The summed E-state index contributed by atoms with van der Waals surface area (Å²) in [7, 11) is 2.01. The van der Waals surface area contributed by atoms with Crippen LogP contribution < -0.4 is 15.5 Å². The summed E-state index contributed by atoms with van der Waals surface area (Å²) < 4.78 is 0. The van der Waals surface area contributed by atoms with Crippen LogP contribution in [0.25, 0.3) is 0 Å². The number of likely N-dealkylation sites (N-methyl/N-ethyl adjacent to an activating group) is 1. The highest BCUT2D eigenvalue weighted by atomic mass is 35.5. The zero-order valence-corrected chi connectivity index (χ0v) is 14.0. The molecule has 0 fully saturated rings. The van der Waals surface area contributed by atoms with E-state index in [1.807, 2.05) is 61.6 Å². The third-order valence-corrected chi connectivity index (χ3v) is 3.75. The second-order valence-electron chi connectivity index (χ2n) is 5.32. The third kappa shape index (κ3) is 6.20. The predicted molar refractivity (Wildman–Crippen MR) is 96.3 cm³/mol. The largest absolute Gasteiger partial charge is 0.373 e. The van der Waals surface area contributed by atoms with Gasteiger partial charge >= 0.3 is 6.03 Å². The van der Waals surface area contributed by atoms with Gasteiger partial charge in [-0.3, -0.25) is 0 Å². The summed E-state index contributed by atoms with van der Waals surface area (Å²) >= 11 is 5.93. The van der Waals surface area contributed by atoms with Crippen LogP contribution in [0.4, 0.5) is 10.5 Å². The van der Waals surface area contributed by atoms with Gasteiger partial charge in [0.2, 0.25) is 0 Å². The maximum atomic E-state index is 11.8. The smallest absolute Gasteiger partial charge is 0.314 e. The van der Waals surface area contributed by atoms with Gasteiger partial charge in [0.1, 0.15) is 0 Å². The Labute approximate surface area is 142 Å². The Kier molecular flexibility index (Phi) is 6.76. The Morgan fingerprint density at radius 2 is 1.78 bits per heavy atom. The number of para-hydroxylation sites is 1. The molecule has 4 nitrogen and oxygen atoms in total. The van der Waals surface area contributed by atoms with Crippen LogP contribution >= 0.6 is 11.6 Å². The average Bonchev–Trinajstić information content (AvgIpc) is 2.55. The van der Waals surface area contributed by atoms with Crippen LogP contribution in [-0.2, 0) is 6.42 Å². The zero-order valence-electron chi connectivity index (χ0n) is 13.3. The Bertz CT molecular complexity index is 619. The van der Waals surface area contributed by atoms with Gasteiger partial charge in [-0.05, 0) is 36.2 Å². The van der Waals surface area contributed by atoms with Crippen LogP contribution in [0.1, 0.15) is 5.56 Å². The third-order valence-electron chi connectivity index (χ3n) is 3.52. The Morgan fingerprint density at radius 3 is 2.52 bits per heavy atom. The predicted octanol–water partition coefficient (Wildman–Crippen LogP) is 3.32. The number of nitrogens with zero attached hydrogens (tertiary/aromatic N) is 1. The Morgan fingerprint density at radius 1 is 1.04 bits per heavy atom. The summed E-state index contributed by atoms with van der Waals surface area (Å²) in [6.45, 7) is 1.93. The highest BCUT2D eigenvalue weighted by Gasteiger charge is 2.02. The molecule has 2 aromatic carbocycles. The first kappa shape index (κ1) is 17.2. The molecule has 0 heterocycles. The summed E-state index contributed by atoms with van der Waals surface area (Å²) in [6.07, 6.45) is 0.762. The number of benzene rings is 2. The van der Waals surface area contributed by atoms with Crippen molar-refractivity contribution in [3.63, 3.8) is 0 Å². The lowest BCUT2D eigenvalue weighted by molar-refractivity contribution is 0.241. The summed E-state index contributed by atoms with van der Waals surface area (Å²) in [5, 5.41) is 6.43. The lowest BCUT2D eigenvalue weighted by atomic mass is 10.1. The van der Waals surface area contributed by atoms with Crippen LogP contribution in [0.2, 0.25) is 5.02 Å². The van der Waals surface area contributed by atoms with E-state index < -0.39 is 0 Å². The summed E-state index contributed by atoms with van der Waals surface area (Å²) in [5.74, 6) is 0. The molecule has 0 radical (unpaired) electrons. The monoisotopic (exact) mass is 331 g/mol. The van der Waals surface area contributed by atoms with Crippen LogP contribution in [0, 0.1) is 0 Å². The molecule has 2 amide bonds. The minimum atomic E-state index is -0.145. The standard InChI is InChI=1S/C18H22ClN3O/c1-22(17-8-3-2-4-9-17)13-12-21-18(23)20-11-10-15-6-5-7-16(19)14-15/h2-9,14H,10-13H2,1H3,(H2,20,21,23). The van der Waals surface area contributed by atoms with Crippen molar-refractivity contribution in [3.8, 4) is 0 Å². The summed E-state index contributed by atoms with van der Waals surface area (Å²) in [6, 6.07) is 17.6. The van der Waals surface area contributed by atoms with Gasteiger partial charge in [-0.2, -0.15) is 0 Å². The number of hydrogen-bond donors (Lipinski definition) is 2. The van der Waals surface area contributed by atoms with Crippen LogP contribution in [-0.4, -0.2) is 32.7 Å². The number of halogens is 1. The minimum Gasteiger partial charge on any atom is -0.373 e. The molecule has 0 saturated heterocycles. The number of anilines is 1. The van der Waals surface area contributed by atoms with E-state index in [2.05, 4.69) is 15.5 Å². The van der Waals surface area contributed by atoms with E-state index in [0.717, 1.165) is 29.2 Å². The molecular weight excluding hydrogens is 310 g/mol. The molecule has 0 aliphatic heterocycles. The van der Waals surface area contributed by atoms with Gasteiger partial charge in [-0.1, -0.05) is 41.9 Å². The second kappa shape index (κ2) is 9.06. The van der Waals surface area contributed by atoms with Crippen molar-refractivity contribution in [1.29, 1.82) is 0 Å². The minimum absolute atomic E-state index is 0.145. The van der Waals surface area contributed by atoms with Gasteiger partial charge in [0.25, 0.3) is 0 Å². The topological polar surface area (TPSA) is 44.4 Å². The van der Waals surface area contributed by atoms with Gasteiger partial charge in [0, 0.05) is 37.4 Å². The SMILES string of the molecule is CN(CCNC(=O)NCCc1cccc(Cl)c1)c1ccccc1. The van der Waals surface area contributed by atoms with Gasteiger partial charge < -0.3 is 15.5 Å². The van der Waals surface area contributed by atoms with Crippen molar-refractivity contribution >= 4 is 23.3 Å². The van der Waals surface area contributed by atoms with Crippen LogP contribution in [0.15, 0.2) is 54.6 Å². The fourth-order valence-electron chi connectivity index (χ4n) is 2.22. The van der Waals surface area contributed by atoms with Gasteiger partial charge in [-0.25, -0.2) is 4.79 Å². The van der Waals surface area contributed by atoms with E-state index in [4.69, 9.17) is 11.6 Å².